The third-order valence-electron chi connectivity index (χ3n) is 5.86. The quantitative estimate of drug-likeness (QED) is 0.736. The molecule has 2 aliphatic heterocycles. The van der Waals surface area contributed by atoms with Crippen molar-refractivity contribution >= 4 is 12.0 Å². The summed E-state index contributed by atoms with van der Waals surface area (Å²) in [5.41, 5.74) is 4.59. The minimum atomic E-state index is -0.268. The van der Waals surface area contributed by atoms with Gasteiger partial charge in [0.1, 0.15) is 17.8 Å². The predicted octanol–water partition coefficient (Wildman–Crippen LogP) is 1.84. The van der Waals surface area contributed by atoms with Crippen molar-refractivity contribution in [2.24, 2.45) is 12.1 Å². The summed E-state index contributed by atoms with van der Waals surface area (Å²) in [6.45, 7) is 0.858. The summed E-state index contributed by atoms with van der Waals surface area (Å²) in [6, 6.07) is 8.39. The van der Waals surface area contributed by atoms with Gasteiger partial charge in [-0.3, -0.25) is 9.48 Å². The summed E-state index contributed by atoms with van der Waals surface area (Å²) in [7, 11) is 3.75. The molecule has 0 spiro atoms. The number of carbonyl (C=O) groups is 1. The van der Waals surface area contributed by atoms with Crippen LogP contribution in [-0.4, -0.2) is 45.6 Å². The highest BCUT2D eigenvalue weighted by molar-refractivity contribution is 5.97. The van der Waals surface area contributed by atoms with Crippen molar-refractivity contribution in [2.75, 3.05) is 13.6 Å². The number of carbonyl (C=O) groups excluding carboxylic acids is 1. The second-order valence-corrected chi connectivity index (χ2v) is 7.78. The number of aryl methyl sites for hydroxylation is 1. The van der Waals surface area contributed by atoms with Crippen LogP contribution in [0.5, 0.6) is 0 Å². The highest BCUT2D eigenvalue weighted by atomic mass is 19.2. The molecule has 2 N–H and O–H groups in total. The molecule has 1 aromatic carbocycles. The van der Waals surface area contributed by atoms with Crippen LogP contribution >= 0.6 is 0 Å². The Hall–Kier alpha value is -3.59. The summed E-state index contributed by atoms with van der Waals surface area (Å²) >= 11 is 0. The summed E-state index contributed by atoms with van der Waals surface area (Å²) in [5, 5.41) is 14.8. The molecule has 0 fully saturated rings. The summed E-state index contributed by atoms with van der Waals surface area (Å²) in [6.07, 6.45) is 6.39. The number of nitrogens with zero attached hydrogens (tertiary/aromatic N) is 5. The average Bonchev–Trinajstić information content (AvgIpc) is 3.10. The van der Waals surface area contributed by atoms with Crippen molar-refractivity contribution in [3.8, 4) is 0 Å². The van der Waals surface area contributed by atoms with Crippen molar-refractivity contribution in [1.82, 2.24) is 30.6 Å². The number of rotatable bonds is 4. The fourth-order valence-corrected chi connectivity index (χ4v) is 4.46. The lowest BCUT2D eigenvalue weighted by Gasteiger charge is -2.35. The lowest BCUT2D eigenvalue weighted by atomic mass is 9.74. The van der Waals surface area contributed by atoms with Gasteiger partial charge in [-0.2, -0.15) is 5.10 Å². The Morgan fingerprint density at radius 2 is 2.10 bits per heavy atom. The lowest BCUT2D eigenvalue weighted by Crippen LogP contribution is -2.33. The van der Waals surface area contributed by atoms with Crippen molar-refractivity contribution in [2.45, 2.75) is 18.4 Å². The highest BCUT2D eigenvalue weighted by Gasteiger charge is 2.40. The molecule has 0 saturated heterocycles. The van der Waals surface area contributed by atoms with E-state index in [0.717, 1.165) is 29.2 Å². The molecule has 2 atom stereocenters. The molecule has 0 saturated carbocycles. The van der Waals surface area contributed by atoms with Gasteiger partial charge in [0.15, 0.2) is 5.78 Å². The van der Waals surface area contributed by atoms with E-state index in [2.05, 4.69) is 56.2 Å². The van der Waals surface area contributed by atoms with E-state index in [9.17, 15) is 9.28 Å². The molecule has 0 bridgehead atoms. The second-order valence-electron chi connectivity index (χ2n) is 7.78. The van der Waals surface area contributed by atoms with Crippen LogP contribution in [0.1, 0.15) is 28.8 Å². The largest absolute Gasteiger partial charge is 0.380 e. The fourth-order valence-electron chi connectivity index (χ4n) is 4.46. The Morgan fingerprint density at radius 3 is 2.81 bits per heavy atom. The zero-order valence-corrected chi connectivity index (χ0v) is 17.2. The molecule has 3 heterocycles. The standard InChI is InChI=1S/C22H22FN7O/c1-24-9-13-3-5-14(6-4-13)17-7-15-10-27-30(23)18-8-16(31)11-25-21(19(15)18)20(17)22-26-12-28-29(22)2/h3-8,10,12,17,20,24-25H,9,11H2,1-2H3. The van der Waals surface area contributed by atoms with Gasteiger partial charge in [-0.1, -0.05) is 40.1 Å². The van der Waals surface area contributed by atoms with Crippen LogP contribution in [0.25, 0.3) is 0 Å². The maximum Gasteiger partial charge on any atom is 0.176 e. The molecule has 3 aliphatic rings. The van der Waals surface area contributed by atoms with E-state index in [1.165, 1.54) is 24.2 Å². The first-order chi connectivity index (χ1) is 15.1. The monoisotopic (exact) mass is 419 g/mol. The lowest BCUT2D eigenvalue weighted by molar-refractivity contribution is -0.113. The predicted molar refractivity (Wildman–Crippen MR) is 113 cm³/mol. The van der Waals surface area contributed by atoms with Crippen LogP contribution in [0.3, 0.4) is 0 Å². The summed E-state index contributed by atoms with van der Waals surface area (Å²) < 4.78 is 16.3. The first-order valence-corrected chi connectivity index (χ1v) is 10.1. The molecule has 158 valence electrons. The number of hydrazone groups is 1. The van der Waals surface area contributed by atoms with E-state index in [1.807, 2.05) is 14.1 Å². The van der Waals surface area contributed by atoms with E-state index < -0.39 is 0 Å². The number of hydrogen-bond donors (Lipinski definition) is 2. The van der Waals surface area contributed by atoms with Crippen LogP contribution in [0.15, 0.2) is 70.4 Å². The van der Waals surface area contributed by atoms with Crippen LogP contribution in [0.2, 0.25) is 0 Å². The van der Waals surface area contributed by atoms with Crippen molar-refractivity contribution < 1.29 is 9.28 Å². The van der Waals surface area contributed by atoms with Gasteiger partial charge in [-0.15, -0.1) is 5.10 Å². The number of aromatic nitrogens is 3. The molecule has 0 radical (unpaired) electrons. The first-order valence-electron chi connectivity index (χ1n) is 10.1. The molecular weight excluding hydrogens is 397 g/mol. The van der Waals surface area contributed by atoms with Gasteiger partial charge in [-0.25, -0.2) is 4.98 Å². The van der Waals surface area contributed by atoms with Gasteiger partial charge in [0, 0.05) is 42.4 Å². The van der Waals surface area contributed by atoms with E-state index >= 15 is 0 Å². The number of benzene rings is 1. The van der Waals surface area contributed by atoms with Gasteiger partial charge in [0.05, 0.1) is 18.7 Å². The van der Waals surface area contributed by atoms with Crippen molar-refractivity contribution in [1.29, 1.82) is 0 Å². The first kappa shape index (κ1) is 19.4. The molecular formula is C22H22FN7O. The fraction of sp³-hybridized carbons (Fsp3) is 0.273. The van der Waals surface area contributed by atoms with Gasteiger partial charge in [0.2, 0.25) is 0 Å². The molecule has 1 aliphatic carbocycles. The SMILES string of the molecule is CNCc1ccc(C2C=C3C=NN(F)C4=CC(=O)CNC(=C34)C2c2ncnn2C)cc1. The third kappa shape index (κ3) is 3.27. The van der Waals surface area contributed by atoms with E-state index in [0.29, 0.717) is 5.57 Å². The number of hydrogen-bond acceptors (Lipinski definition) is 7. The second kappa shape index (κ2) is 7.59. The maximum atomic E-state index is 14.6. The molecule has 2 unspecified atom stereocenters. The Labute approximate surface area is 178 Å². The Bertz CT molecular complexity index is 1160. The molecule has 2 aromatic rings. The van der Waals surface area contributed by atoms with Crippen LogP contribution in [0, 0.1) is 0 Å². The average molecular weight is 419 g/mol. The minimum absolute atomic E-state index is 0.0750. The summed E-state index contributed by atoms with van der Waals surface area (Å²) in [4.78, 5) is 16.8. The van der Waals surface area contributed by atoms with Gasteiger partial charge < -0.3 is 10.6 Å². The molecule has 0 amide bonds. The molecule has 8 nitrogen and oxygen atoms in total. The normalized spacial score (nSPS) is 22.5. The Kier molecular flexibility index (Phi) is 4.74. The number of allylic oxidation sites excluding steroid dienone is 3. The van der Waals surface area contributed by atoms with E-state index in [1.54, 1.807) is 4.68 Å². The van der Waals surface area contributed by atoms with E-state index in [-0.39, 0.29) is 35.1 Å². The minimum Gasteiger partial charge on any atom is -0.380 e. The van der Waals surface area contributed by atoms with Gasteiger partial charge in [-0.05, 0) is 18.2 Å². The van der Waals surface area contributed by atoms with Crippen molar-refractivity contribution in [3.63, 3.8) is 0 Å². The molecule has 5 rings (SSSR count). The topological polar surface area (TPSA) is 87.4 Å². The number of ketones is 1. The Balaban J connectivity index is 1.69. The Morgan fingerprint density at radius 1 is 1.29 bits per heavy atom. The smallest absolute Gasteiger partial charge is 0.176 e. The van der Waals surface area contributed by atoms with Gasteiger partial charge in [0.25, 0.3) is 0 Å². The third-order valence-corrected chi connectivity index (χ3v) is 5.86. The zero-order valence-electron chi connectivity index (χ0n) is 17.2. The van der Waals surface area contributed by atoms with Crippen LogP contribution < -0.4 is 10.6 Å². The van der Waals surface area contributed by atoms with Gasteiger partial charge >= 0.3 is 0 Å². The maximum absolute atomic E-state index is 14.6. The summed E-state index contributed by atoms with van der Waals surface area (Å²) in [5.74, 6) is 0.153. The molecule has 1 aromatic heterocycles. The van der Waals surface area contributed by atoms with E-state index in [4.69, 9.17) is 0 Å². The highest BCUT2D eigenvalue weighted by Crippen LogP contribution is 2.47. The number of halogens is 1. The molecule has 31 heavy (non-hydrogen) atoms. The van der Waals surface area contributed by atoms with Crippen LogP contribution in [-0.2, 0) is 18.4 Å². The van der Waals surface area contributed by atoms with Crippen molar-refractivity contribution in [3.05, 3.63) is 82.2 Å². The molecule has 9 heteroatoms. The number of nitrogens with one attached hydrogen (secondary N) is 2. The van der Waals surface area contributed by atoms with Crippen LogP contribution in [0.4, 0.5) is 4.48 Å². The zero-order chi connectivity index (χ0) is 21.5.